The number of thiol groups is 1. The normalized spacial score (nSPS) is 29.2. The predicted octanol–water partition coefficient (Wildman–Crippen LogP) is 3.51. The van der Waals surface area contributed by atoms with Gasteiger partial charge in [0.1, 0.15) is 4.08 Å². The van der Waals surface area contributed by atoms with Gasteiger partial charge in [-0.1, -0.05) is 36.6 Å². The van der Waals surface area contributed by atoms with Crippen LogP contribution in [-0.4, -0.2) is 17.0 Å². The predicted molar refractivity (Wildman–Crippen MR) is 75.9 cm³/mol. The fourth-order valence-electron chi connectivity index (χ4n) is 2.56. The minimum Gasteiger partial charge on any atom is -0.284 e. The molecule has 2 unspecified atom stereocenters. The van der Waals surface area contributed by atoms with Crippen LogP contribution < -0.4 is 0 Å². The first kappa shape index (κ1) is 14.2. The van der Waals surface area contributed by atoms with E-state index in [9.17, 15) is 13.0 Å². The molecule has 100 valence electrons. The SMILES string of the molecule is O=S(=O)(O)C1(S)CCCCC1c1ccc(Cl)cc1. The summed E-state index contributed by atoms with van der Waals surface area (Å²) in [4.78, 5) is 0. The fraction of sp³-hybridized carbons (Fsp3) is 0.500. The number of hydrogen-bond donors (Lipinski definition) is 2. The Morgan fingerprint density at radius 3 is 2.44 bits per heavy atom. The van der Waals surface area contributed by atoms with Crippen LogP contribution in [0.2, 0.25) is 5.02 Å². The van der Waals surface area contributed by atoms with Crippen LogP contribution in [0.3, 0.4) is 0 Å². The van der Waals surface area contributed by atoms with E-state index in [0.717, 1.165) is 18.4 Å². The molecular weight excluding hydrogens is 292 g/mol. The van der Waals surface area contributed by atoms with Crippen LogP contribution in [0.4, 0.5) is 0 Å². The molecule has 1 aromatic rings. The van der Waals surface area contributed by atoms with E-state index in [1.54, 1.807) is 24.3 Å². The fourth-order valence-corrected chi connectivity index (χ4v) is 4.14. The van der Waals surface area contributed by atoms with E-state index in [2.05, 4.69) is 12.6 Å². The first-order chi connectivity index (χ1) is 8.34. The summed E-state index contributed by atoms with van der Waals surface area (Å²) in [6.45, 7) is 0. The monoisotopic (exact) mass is 306 g/mol. The number of rotatable bonds is 2. The van der Waals surface area contributed by atoms with Crippen molar-refractivity contribution < 1.29 is 13.0 Å². The molecule has 0 aromatic heterocycles. The van der Waals surface area contributed by atoms with Gasteiger partial charge >= 0.3 is 0 Å². The van der Waals surface area contributed by atoms with E-state index in [0.29, 0.717) is 17.9 Å². The largest absolute Gasteiger partial charge is 0.284 e. The van der Waals surface area contributed by atoms with Gasteiger partial charge in [-0.15, -0.1) is 0 Å². The summed E-state index contributed by atoms with van der Waals surface area (Å²) in [5.74, 6) is -0.304. The van der Waals surface area contributed by atoms with Gasteiger partial charge in [0, 0.05) is 10.9 Å². The summed E-state index contributed by atoms with van der Waals surface area (Å²) in [7, 11) is -4.20. The maximum Gasteiger partial charge on any atom is 0.280 e. The Kier molecular flexibility index (Phi) is 3.97. The highest BCUT2D eigenvalue weighted by Crippen LogP contribution is 2.48. The van der Waals surface area contributed by atoms with Gasteiger partial charge in [-0.2, -0.15) is 21.0 Å². The maximum atomic E-state index is 11.6. The van der Waals surface area contributed by atoms with Gasteiger partial charge in [0.15, 0.2) is 0 Å². The Morgan fingerprint density at radius 2 is 1.89 bits per heavy atom. The van der Waals surface area contributed by atoms with Gasteiger partial charge < -0.3 is 0 Å². The highest BCUT2D eigenvalue weighted by molar-refractivity contribution is 8.03. The van der Waals surface area contributed by atoms with E-state index in [1.807, 2.05) is 0 Å². The summed E-state index contributed by atoms with van der Waals surface area (Å²) in [6.07, 6.45) is 2.76. The summed E-state index contributed by atoms with van der Waals surface area (Å²) < 4.78 is 31.3. The molecule has 3 nitrogen and oxygen atoms in total. The lowest BCUT2D eigenvalue weighted by Crippen LogP contribution is -2.41. The molecule has 0 amide bonds. The average Bonchev–Trinajstić information content (AvgIpc) is 2.30. The lowest BCUT2D eigenvalue weighted by atomic mass is 9.83. The van der Waals surface area contributed by atoms with Gasteiger partial charge in [0.25, 0.3) is 10.1 Å². The van der Waals surface area contributed by atoms with Crippen molar-refractivity contribution in [2.45, 2.75) is 35.7 Å². The summed E-state index contributed by atoms with van der Waals surface area (Å²) in [6, 6.07) is 7.05. The molecule has 1 aliphatic carbocycles. The van der Waals surface area contributed by atoms with Gasteiger partial charge in [-0.3, -0.25) is 4.55 Å². The van der Waals surface area contributed by atoms with E-state index in [1.165, 1.54) is 0 Å². The van der Waals surface area contributed by atoms with Gasteiger partial charge in [0.05, 0.1) is 0 Å². The van der Waals surface area contributed by atoms with Crippen molar-refractivity contribution >= 4 is 34.3 Å². The Hall–Kier alpha value is -0.230. The van der Waals surface area contributed by atoms with Crippen molar-refractivity contribution in [2.24, 2.45) is 0 Å². The molecule has 2 rings (SSSR count). The topological polar surface area (TPSA) is 54.4 Å². The first-order valence-electron chi connectivity index (χ1n) is 5.79. The smallest absolute Gasteiger partial charge is 0.280 e. The minimum atomic E-state index is -4.20. The summed E-state index contributed by atoms with van der Waals surface area (Å²) in [5.41, 5.74) is 0.853. The van der Waals surface area contributed by atoms with Crippen LogP contribution in [0.25, 0.3) is 0 Å². The molecule has 0 saturated heterocycles. The highest BCUT2D eigenvalue weighted by atomic mass is 35.5. The van der Waals surface area contributed by atoms with Crippen LogP contribution in [0.5, 0.6) is 0 Å². The zero-order valence-electron chi connectivity index (χ0n) is 9.71. The molecule has 0 radical (unpaired) electrons. The number of halogens is 1. The van der Waals surface area contributed by atoms with Crippen molar-refractivity contribution in [1.29, 1.82) is 0 Å². The van der Waals surface area contributed by atoms with Crippen molar-refractivity contribution in [3.8, 4) is 0 Å². The third kappa shape index (κ3) is 2.54. The Morgan fingerprint density at radius 1 is 1.28 bits per heavy atom. The zero-order chi connectivity index (χ0) is 13.4. The quantitative estimate of drug-likeness (QED) is 0.649. The molecule has 1 aromatic carbocycles. The van der Waals surface area contributed by atoms with Crippen molar-refractivity contribution in [3.05, 3.63) is 34.9 Å². The van der Waals surface area contributed by atoms with Crippen molar-refractivity contribution in [1.82, 2.24) is 0 Å². The van der Waals surface area contributed by atoms with Crippen LogP contribution in [-0.2, 0) is 10.1 Å². The molecule has 18 heavy (non-hydrogen) atoms. The van der Waals surface area contributed by atoms with Crippen LogP contribution in [0.1, 0.15) is 37.2 Å². The average molecular weight is 307 g/mol. The lowest BCUT2D eigenvalue weighted by molar-refractivity contribution is 0.376. The molecule has 1 fully saturated rings. The lowest BCUT2D eigenvalue weighted by Gasteiger charge is -2.38. The van der Waals surface area contributed by atoms with E-state index >= 15 is 0 Å². The van der Waals surface area contributed by atoms with E-state index in [-0.39, 0.29) is 5.92 Å². The molecule has 1 aliphatic rings. The van der Waals surface area contributed by atoms with Gasteiger partial charge in [-0.25, -0.2) is 0 Å². The second kappa shape index (κ2) is 5.04. The van der Waals surface area contributed by atoms with Gasteiger partial charge in [0.2, 0.25) is 0 Å². The molecule has 0 aliphatic heterocycles. The van der Waals surface area contributed by atoms with Crippen molar-refractivity contribution in [2.75, 3.05) is 0 Å². The highest BCUT2D eigenvalue weighted by Gasteiger charge is 2.48. The molecule has 0 spiro atoms. The van der Waals surface area contributed by atoms with Gasteiger partial charge in [-0.05, 0) is 30.5 Å². The van der Waals surface area contributed by atoms with Crippen LogP contribution in [0.15, 0.2) is 24.3 Å². The molecule has 6 heteroatoms. The molecule has 0 heterocycles. The van der Waals surface area contributed by atoms with Crippen LogP contribution in [0, 0.1) is 0 Å². The first-order valence-corrected chi connectivity index (χ1v) is 8.06. The van der Waals surface area contributed by atoms with Crippen LogP contribution >= 0.6 is 24.2 Å². The standard InChI is InChI=1S/C12H15ClO3S2/c13-10-6-4-9(5-7-10)11-3-1-2-8-12(11,17)18(14,15)16/h4-7,11,17H,1-3,8H2,(H,14,15,16). The Bertz CT molecular complexity index is 527. The van der Waals surface area contributed by atoms with E-state index < -0.39 is 14.2 Å². The Labute approximate surface area is 118 Å². The number of benzene rings is 1. The molecule has 1 saturated carbocycles. The maximum absolute atomic E-state index is 11.6. The number of hydrogen-bond acceptors (Lipinski definition) is 3. The second-order valence-electron chi connectivity index (χ2n) is 4.67. The molecular formula is C12H15ClO3S2. The third-order valence-electron chi connectivity index (χ3n) is 3.54. The zero-order valence-corrected chi connectivity index (χ0v) is 12.2. The summed E-state index contributed by atoms with van der Waals surface area (Å²) >= 11 is 10.1. The molecule has 0 bridgehead atoms. The molecule has 2 atom stereocenters. The Balaban J connectivity index is 2.43. The molecule has 1 N–H and O–H groups in total. The van der Waals surface area contributed by atoms with Crippen molar-refractivity contribution in [3.63, 3.8) is 0 Å². The van der Waals surface area contributed by atoms with E-state index in [4.69, 9.17) is 11.6 Å². The third-order valence-corrected chi connectivity index (χ3v) is 6.40. The minimum absolute atomic E-state index is 0.304. The summed E-state index contributed by atoms with van der Waals surface area (Å²) in [5, 5.41) is 0.603. The second-order valence-corrected chi connectivity index (χ2v) is 7.89.